The molecule has 1 aromatic carbocycles. The molecule has 0 aliphatic carbocycles. The lowest BCUT2D eigenvalue weighted by Crippen LogP contribution is -2.45. The van der Waals surface area contributed by atoms with Gasteiger partial charge in [0.15, 0.2) is 0 Å². The van der Waals surface area contributed by atoms with Crippen LogP contribution in [-0.2, 0) is 15.9 Å². The Bertz CT molecular complexity index is 918. The molecule has 2 aromatic rings. The summed E-state index contributed by atoms with van der Waals surface area (Å²) in [5.41, 5.74) is 0.574. The predicted octanol–water partition coefficient (Wildman–Crippen LogP) is 4.95. The molecular formula is C23H29F2N3O4. The van der Waals surface area contributed by atoms with E-state index in [1.54, 1.807) is 24.4 Å². The Morgan fingerprint density at radius 2 is 1.88 bits per heavy atom. The lowest BCUT2D eigenvalue weighted by molar-refractivity contribution is -0.0618. The molecule has 2 heterocycles. The zero-order chi connectivity index (χ0) is 23.5. The van der Waals surface area contributed by atoms with Gasteiger partial charge in [-0.15, -0.1) is 0 Å². The summed E-state index contributed by atoms with van der Waals surface area (Å²) in [5, 5.41) is 0. The average molecular weight is 449 g/mol. The number of nitrogens with zero attached hydrogens (tertiary/aromatic N) is 3. The molecule has 1 saturated heterocycles. The van der Waals surface area contributed by atoms with E-state index >= 15 is 0 Å². The number of carbonyl (C=O) groups excluding carboxylic acids is 1. The summed E-state index contributed by atoms with van der Waals surface area (Å²) in [4.78, 5) is 22.9. The van der Waals surface area contributed by atoms with E-state index in [2.05, 4.69) is 14.7 Å². The number of hydrogen-bond acceptors (Lipinski definition) is 6. The van der Waals surface area contributed by atoms with Crippen LogP contribution in [0.5, 0.6) is 5.75 Å². The highest BCUT2D eigenvalue weighted by atomic mass is 19.3. The SMILES string of the molecule is C[C@H](Cc1nccc(N2C(=O)OC[C@@H]2[C@@H](C)OC(C)(C)C)n1)c1ccc(OC(F)F)cc1. The first-order valence-electron chi connectivity index (χ1n) is 10.5. The van der Waals surface area contributed by atoms with Gasteiger partial charge in [0.2, 0.25) is 0 Å². The third-order valence-electron chi connectivity index (χ3n) is 5.09. The second kappa shape index (κ2) is 9.77. The molecule has 3 rings (SSSR count). The molecule has 32 heavy (non-hydrogen) atoms. The number of aromatic nitrogens is 2. The molecule has 0 N–H and O–H groups in total. The fourth-order valence-electron chi connectivity index (χ4n) is 3.67. The van der Waals surface area contributed by atoms with Crippen LogP contribution in [0.3, 0.4) is 0 Å². The molecule has 1 aromatic heterocycles. The molecule has 0 saturated carbocycles. The first kappa shape index (κ1) is 23.8. The second-order valence-corrected chi connectivity index (χ2v) is 8.83. The van der Waals surface area contributed by atoms with Gasteiger partial charge in [0.1, 0.15) is 30.0 Å². The number of amides is 1. The monoisotopic (exact) mass is 449 g/mol. The minimum Gasteiger partial charge on any atom is -0.447 e. The minimum absolute atomic E-state index is 0.0234. The van der Waals surface area contributed by atoms with E-state index in [1.807, 2.05) is 34.6 Å². The molecule has 3 atom stereocenters. The van der Waals surface area contributed by atoms with Crippen molar-refractivity contribution in [3.05, 3.63) is 47.9 Å². The molecule has 1 aliphatic heterocycles. The Morgan fingerprint density at radius 1 is 1.19 bits per heavy atom. The van der Waals surface area contributed by atoms with Crippen LogP contribution in [0.4, 0.5) is 19.4 Å². The Kier molecular flexibility index (Phi) is 7.28. The molecular weight excluding hydrogens is 420 g/mol. The van der Waals surface area contributed by atoms with E-state index in [0.29, 0.717) is 18.1 Å². The minimum atomic E-state index is -2.85. The van der Waals surface area contributed by atoms with Crippen molar-refractivity contribution < 1.29 is 27.8 Å². The van der Waals surface area contributed by atoms with Gasteiger partial charge in [-0.25, -0.2) is 14.8 Å². The number of cyclic esters (lactones) is 1. The fourth-order valence-corrected chi connectivity index (χ4v) is 3.67. The van der Waals surface area contributed by atoms with Gasteiger partial charge < -0.3 is 14.2 Å². The summed E-state index contributed by atoms with van der Waals surface area (Å²) < 4.78 is 40.4. The number of benzene rings is 1. The maximum atomic E-state index is 12.4. The lowest BCUT2D eigenvalue weighted by atomic mass is 9.97. The van der Waals surface area contributed by atoms with Gasteiger partial charge in [-0.3, -0.25) is 4.90 Å². The Balaban J connectivity index is 1.73. The zero-order valence-corrected chi connectivity index (χ0v) is 18.9. The first-order chi connectivity index (χ1) is 15.0. The zero-order valence-electron chi connectivity index (χ0n) is 18.9. The van der Waals surface area contributed by atoms with E-state index in [4.69, 9.17) is 9.47 Å². The second-order valence-electron chi connectivity index (χ2n) is 8.83. The first-order valence-corrected chi connectivity index (χ1v) is 10.5. The third kappa shape index (κ3) is 6.12. The van der Waals surface area contributed by atoms with Crippen molar-refractivity contribution in [2.75, 3.05) is 11.5 Å². The van der Waals surface area contributed by atoms with Crippen LogP contribution in [0, 0.1) is 0 Å². The average Bonchev–Trinajstić information content (AvgIpc) is 3.08. The van der Waals surface area contributed by atoms with Crippen LogP contribution in [0.15, 0.2) is 36.5 Å². The molecule has 1 aliphatic rings. The van der Waals surface area contributed by atoms with Gasteiger partial charge >= 0.3 is 12.7 Å². The maximum Gasteiger partial charge on any atom is 0.416 e. The summed E-state index contributed by atoms with van der Waals surface area (Å²) in [5.74, 6) is 1.15. The maximum absolute atomic E-state index is 12.4. The normalized spacial score (nSPS) is 18.6. The van der Waals surface area contributed by atoms with Crippen LogP contribution >= 0.6 is 0 Å². The van der Waals surface area contributed by atoms with Gasteiger partial charge in [-0.1, -0.05) is 19.1 Å². The van der Waals surface area contributed by atoms with E-state index in [0.717, 1.165) is 5.56 Å². The van der Waals surface area contributed by atoms with Gasteiger partial charge in [0.05, 0.1) is 11.7 Å². The van der Waals surface area contributed by atoms with Crippen LogP contribution in [0.25, 0.3) is 0 Å². The highest BCUT2D eigenvalue weighted by Crippen LogP contribution is 2.27. The van der Waals surface area contributed by atoms with E-state index in [1.165, 1.54) is 17.0 Å². The summed E-state index contributed by atoms with van der Waals surface area (Å²) in [7, 11) is 0. The molecule has 1 fully saturated rings. The highest BCUT2D eigenvalue weighted by molar-refractivity contribution is 5.89. The highest BCUT2D eigenvalue weighted by Gasteiger charge is 2.40. The van der Waals surface area contributed by atoms with Gasteiger partial charge in [0, 0.05) is 12.6 Å². The van der Waals surface area contributed by atoms with Crippen molar-refractivity contribution in [3.63, 3.8) is 0 Å². The molecule has 0 bridgehead atoms. The van der Waals surface area contributed by atoms with Crippen molar-refractivity contribution in [1.82, 2.24) is 9.97 Å². The van der Waals surface area contributed by atoms with Crippen molar-refractivity contribution in [2.24, 2.45) is 0 Å². The number of carbonyl (C=O) groups is 1. The number of halogens is 2. The van der Waals surface area contributed by atoms with Gasteiger partial charge in [0.25, 0.3) is 0 Å². The Hall–Kier alpha value is -2.81. The molecule has 9 heteroatoms. The molecule has 0 radical (unpaired) electrons. The van der Waals surface area contributed by atoms with Crippen molar-refractivity contribution >= 4 is 11.9 Å². The molecule has 0 spiro atoms. The van der Waals surface area contributed by atoms with Crippen LogP contribution < -0.4 is 9.64 Å². The number of alkyl halides is 2. The summed E-state index contributed by atoms with van der Waals surface area (Å²) in [6.07, 6.45) is 1.39. The fraction of sp³-hybridized carbons (Fsp3) is 0.522. The third-order valence-corrected chi connectivity index (χ3v) is 5.09. The summed E-state index contributed by atoms with van der Waals surface area (Å²) >= 11 is 0. The molecule has 0 unspecified atom stereocenters. The predicted molar refractivity (Wildman–Crippen MR) is 115 cm³/mol. The Morgan fingerprint density at radius 3 is 2.50 bits per heavy atom. The lowest BCUT2D eigenvalue weighted by Gasteiger charge is -2.31. The Labute approximate surface area is 186 Å². The summed E-state index contributed by atoms with van der Waals surface area (Å²) in [6.45, 7) is 7.15. The van der Waals surface area contributed by atoms with Crippen LogP contribution in [0.1, 0.15) is 51.9 Å². The molecule has 7 nitrogen and oxygen atoms in total. The number of hydrogen-bond donors (Lipinski definition) is 0. The molecule has 1 amide bonds. The number of rotatable bonds is 8. The number of anilines is 1. The molecule has 174 valence electrons. The smallest absolute Gasteiger partial charge is 0.416 e. The van der Waals surface area contributed by atoms with Crippen molar-refractivity contribution in [3.8, 4) is 5.75 Å². The van der Waals surface area contributed by atoms with Crippen molar-refractivity contribution in [1.29, 1.82) is 0 Å². The quantitative estimate of drug-likeness (QED) is 0.568. The van der Waals surface area contributed by atoms with Gasteiger partial charge in [-0.05, 0) is 57.4 Å². The van der Waals surface area contributed by atoms with Gasteiger partial charge in [-0.2, -0.15) is 8.78 Å². The topological polar surface area (TPSA) is 73.8 Å². The van der Waals surface area contributed by atoms with Crippen molar-refractivity contribution in [2.45, 2.75) is 71.3 Å². The van der Waals surface area contributed by atoms with E-state index in [-0.39, 0.29) is 36.0 Å². The van der Waals surface area contributed by atoms with Crippen LogP contribution in [0.2, 0.25) is 0 Å². The summed E-state index contributed by atoms with van der Waals surface area (Å²) in [6, 6.07) is 7.88. The number of ether oxygens (including phenoxy) is 3. The largest absolute Gasteiger partial charge is 0.447 e. The standard InChI is InChI=1S/C23H29F2N3O4/c1-14(16-6-8-17(9-7-16)31-21(24)25)12-19-26-11-10-20(27-19)28-18(13-30-22(28)29)15(2)32-23(3,4)5/h6-11,14-15,18,21H,12-13H2,1-5H3/t14-,15-,18-/m1/s1. The van der Waals surface area contributed by atoms with Crippen LogP contribution in [-0.4, -0.2) is 47.0 Å². The van der Waals surface area contributed by atoms with E-state index in [9.17, 15) is 13.6 Å². The van der Waals surface area contributed by atoms with E-state index < -0.39 is 12.7 Å².